The lowest BCUT2D eigenvalue weighted by molar-refractivity contribution is -0.132. The number of aromatic amines is 1. The Bertz CT molecular complexity index is 947. The second kappa shape index (κ2) is 6.46. The van der Waals surface area contributed by atoms with Crippen LogP contribution in [0.1, 0.15) is 31.7 Å². The number of aromatic nitrogens is 2. The summed E-state index contributed by atoms with van der Waals surface area (Å²) in [7, 11) is 0. The Morgan fingerprint density at radius 2 is 1.92 bits per heavy atom. The van der Waals surface area contributed by atoms with Crippen LogP contribution in [0.25, 0.3) is 11.1 Å². The number of carbonyl (C=O) groups excluding carboxylic acids is 1. The standard InChI is InChI=1S/C16H19N3O5/c1-2-10-8-12(21)24-14-13(10)15(22)19(16(23)17-14)9-11(20)18-6-4-3-5-7-18/h8H,2-7,9H2,1H3,(H,17,23). The third-order valence-electron chi connectivity index (χ3n) is 4.35. The average molecular weight is 333 g/mol. The van der Waals surface area contributed by atoms with E-state index in [0.717, 1.165) is 23.8 Å². The average Bonchev–Trinajstić information content (AvgIpc) is 2.58. The van der Waals surface area contributed by atoms with Crippen LogP contribution in [0.3, 0.4) is 0 Å². The van der Waals surface area contributed by atoms with E-state index >= 15 is 0 Å². The molecule has 0 aromatic carbocycles. The molecule has 128 valence electrons. The molecule has 1 N–H and O–H groups in total. The fraction of sp³-hybridized carbons (Fsp3) is 0.500. The maximum atomic E-state index is 12.7. The van der Waals surface area contributed by atoms with Crippen molar-refractivity contribution >= 4 is 17.0 Å². The molecule has 2 aromatic heterocycles. The minimum absolute atomic E-state index is 0.142. The Labute approximate surface area is 136 Å². The number of fused-ring (bicyclic) bond motifs is 1. The largest absolute Gasteiger partial charge is 0.405 e. The summed E-state index contributed by atoms with van der Waals surface area (Å²) in [4.78, 5) is 52.7. The molecule has 1 aliphatic heterocycles. The number of nitrogens with zero attached hydrogens (tertiary/aromatic N) is 2. The summed E-state index contributed by atoms with van der Waals surface area (Å²) in [6.45, 7) is 2.77. The Morgan fingerprint density at radius 1 is 1.21 bits per heavy atom. The molecule has 0 radical (unpaired) electrons. The van der Waals surface area contributed by atoms with Crippen molar-refractivity contribution in [2.24, 2.45) is 0 Å². The first-order valence-electron chi connectivity index (χ1n) is 8.09. The smallest absolute Gasteiger partial charge is 0.337 e. The van der Waals surface area contributed by atoms with Crippen molar-refractivity contribution in [3.63, 3.8) is 0 Å². The molecular formula is C16H19N3O5. The minimum Gasteiger partial charge on any atom is -0.405 e. The first kappa shape index (κ1) is 16.2. The van der Waals surface area contributed by atoms with Crippen LogP contribution in [0, 0.1) is 0 Å². The van der Waals surface area contributed by atoms with Gasteiger partial charge in [-0.3, -0.25) is 19.1 Å². The van der Waals surface area contributed by atoms with Gasteiger partial charge in [-0.2, -0.15) is 0 Å². The molecule has 0 unspecified atom stereocenters. The quantitative estimate of drug-likeness (QED) is 0.865. The van der Waals surface area contributed by atoms with E-state index in [9.17, 15) is 19.2 Å². The first-order chi connectivity index (χ1) is 11.5. The lowest BCUT2D eigenvalue weighted by Crippen LogP contribution is -2.44. The van der Waals surface area contributed by atoms with E-state index in [2.05, 4.69) is 4.98 Å². The van der Waals surface area contributed by atoms with E-state index in [4.69, 9.17) is 4.42 Å². The number of piperidine rings is 1. The topological polar surface area (TPSA) is 105 Å². The fourth-order valence-corrected chi connectivity index (χ4v) is 3.06. The lowest BCUT2D eigenvalue weighted by atomic mass is 10.1. The highest BCUT2D eigenvalue weighted by atomic mass is 16.4. The summed E-state index contributed by atoms with van der Waals surface area (Å²) in [5, 5.41) is 0.142. The highest BCUT2D eigenvalue weighted by molar-refractivity contribution is 5.78. The fourth-order valence-electron chi connectivity index (χ4n) is 3.06. The number of likely N-dealkylation sites (tertiary alicyclic amines) is 1. The second-order valence-electron chi connectivity index (χ2n) is 5.91. The third-order valence-corrected chi connectivity index (χ3v) is 4.35. The van der Waals surface area contributed by atoms with Gasteiger partial charge in [0.15, 0.2) is 0 Å². The van der Waals surface area contributed by atoms with Crippen molar-refractivity contribution < 1.29 is 9.21 Å². The molecule has 0 aliphatic carbocycles. The van der Waals surface area contributed by atoms with Crippen molar-refractivity contribution in [3.05, 3.63) is 42.9 Å². The highest BCUT2D eigenvalue weighted by Gasteiger charge is 2.20. The molecule has 1 fully saturated rings. The predicted octanol–water partition coefficient (Wildman–Crippen LogP) is 0.218. The number of carbonyl (C=O) groups is 1. The number of amides is 1. The second-order valence-corrected chi connectivity index (χ2v) is 5.91. The summed E-state index contributed by atoms with van der Waals surface area (Å²) >= 11 is 0. The van der Waals surface area contributed by atoms with Crippen LogP contribution >= 0.6 is 0 Å². The van der Waals surface area contributed by atoms with Crippen LogP contribution in [0.15, 0.2) is 24.9 Å². The van der Waals surface area contributed by atoms with Crippen molar-refractivity contribution in [2.45, 2.75) is 39.2 Å². The van der Waals surface area contributed by atoms with Crippen molar-refractivity contribution in [2.75, 3.05) is 13.1 Å². The Kier molecular flexibility index (Phi) is 4.37. The zero-order chi connectivity index (χ0) is 17.3. The molecule has 1 saturated heterocycles. The van der Waals surface area contributed by atoms with Crippen LogP contribution < -0.4 is 16.9 Å². The van der Waals surface area contributed by atoms with E-state index < -0.39 is 16.9 Å². The summed E-state index contributed by atoms with van der Waals surface area (Å²) in [6, 6.07) is 1.23. The van der Waals surface area contributed by atoms with E-state index in [1.54, 1.807) is 11.8 Å². The van der Waals surface area contributed by atoms with Gasteiger partial charge in [0.2, 0.25) is 11.6 Å². The number of rotatable bonds is 3. The number of nitrogens with one attached hydrogen (secondary N) is 1. The van der Waals surface area contributed by atoms with Gasteiger partial charge >= 0.3 is 11.3 Å². The molecule has 24 heavy (non-hydrogen) atoms. The van der Waals surface area contributed by atoms with Crippen LogP contribution in [-0.4, -0.2) is 33.4 Å². The zero-order valence-corrected chi connectivity index (χ0v) is 13.5. The number of hydrogen-bond donors (Lipinski definition) is 1. The minimum atomic E-state index is -0.755. The summed E-state index contributed by atoms with van der Waals surface area (Å²) in [6.07, 6.45) is 3.38. The van der Waals surface area contributed by atoms with Crippen molar-refractivity contribution in [1.82, 2.24) is 14.5 Å². The van der Waals surface area contributed by atoms with E-state index in [1.807, 2.05) is 0 Å². The first-order valence-corrected chi connectivity index (χ1v) is 8.09. The van der Waals surface area contributed by atoms with E-state index in [1.165, 1.54) is 6.07 Å². The zero-order valence-electron chi connectivity index (χ0n) is 13.5. The van der Waals surface area contributed by atoms with Gasteiger partial charge in [-0.1, -0.05) is 6.92 Å². The van der Waals surface area contributed by atoms with Gasteiger partial charge in [-0.15, -0.1) is 0 Å². The van der Waals surface area contributed by atoms with Gasteiger partial charge in [-0.25, -0.2) is 9.59 Å². The van der Waals surface area contributed by atoms with Crippen molar-refractivity contribution in [1.29, 1.82) is 0 Å². The number of hydrogen-bond acceptors (Lipinski definition) is 5. The van der Waals surface area contributed by atoms with Gasteiger partial charge in [0.05, 0.1) is 0 Å². The molecule has 8 nitrogen and oxygen atoms in total. The molecular weight excluding hydrogens is 314 g/mol. The van der Waals surface area contributed by atoms with Crippen LogP contribution in [0.2, 0.25) is 0 Å². The molecule has 0 spiro atoms. The van der Waals surface area contributed by atoms with Gasteiger partial charge in [0.1, 0.15) is 11.9 Å². The molecule has 8 heteroatoms. The predicted molar refractivity (Wildman–Crippen MR) is 87.2 cm³/mol. The van der Waals surface area contributed by atoms with Crippen molar-refractivity contribution in [3.8, 4) is 0 Å². The summed E-state index contributed by atoms with van der Waals surface area (Å²) < 4.78 is 5.80. The highest BCUT2D eigenvalue weighted by Crippen LogP contribution is 2.11. The molecule has 3 rings (SSSR count). The van der Waals surface area contributed by atoms with Gasteiger partial charge in [-0.05, 0) is 31.2 Å². The van der Waals surface area contributed by atoms with Gasteiger partial charge < -0.3 is 9.32 Å². The molecule has 1 aliphatic rings. The molecule has 0 saturated carbocycles. The molecule has 3 heterocycles. The Morgan fingerprint density at radius 3 is 2.58 bits per heavy atom. The SMILES string of the molecule is CCc1cc(=O)oc2[nH]c(=O)n(CC(=O)N3CCCCC3)c(=O)c12. The number of H-pyrrole nitrogens is 1. The number of aryl methyl sites for hydroxylation is 1. The van der Waals surface area contributed by atoms with Gasteiger partial charge in [0, 0.05) is 19.2 Å². The Hall–Kier alpha value is -2.64. The Balaban J connectivity index is 2.07. The maximum Gasteiger partial charge on any atom is 0.337 e. The van der Waals surface area contributed by atoms with Crippen LogP contribution in [0.4, 0.5) is 0 Å². The van der Waals surface area contributed by atoms with Crippen LogP contribution in [0.5, 0.6) is 0 Å². The summed E-state index contributed by atoms with van der Waals surface area (Å²) in [5.41, 5.74) is -1.65. The third kappa shape index (κ3) is 2.91. The molecule has 2 aromatic rings. The lowest BCUT2D eigenvalue weighted by Gasteiger charge is -2.26. The molecule has 0 atom stereocenters. The molecule has 0 bridgehead atoms. The normalized spacial score (nSPS) is 15.0. The molecule has 1 amide bonds. The van der Waals surface area contributed by atoms with Crippen LogP contribution in [-0.2, 0) is 17.8 Å². The monoisotopic (exact) mass is 333 g/mol. The summed E-state index contributed by atoms with van der Waals surface area (Å²) in [5.74, 6) is -0.253. The van der Waals surface area contributed by atoms with Gasteiger partial charge in [0.25, 0.3) is 5.56 Å². The maximum absolute atomic E-state index is 12.7. The van der Waals surface area contributed by atoms with E-state index in [0.29, 0.717) is 25.1 Å². The van der Waals surface area contributed by atoms with E-state index in [-0.39, 0.29) is 23.6 Å².